The van der Waals surface area contributed by atoms with E-state index in [1.54, 1.807) is 12.1 Å². The van der Waals surface area contributed by atoms with Crippen molar-refractivity contribution in [1.82, 2.24) is 4.98 Å². The van der Waals surface area contributed by atoms with Crippen LogP contribution in [0.4, 0.5) is 0 Å². The summed E-state index contributed by atoms with van der Waals surface area (Å²) in [7, 11) is 0. The largest absolute Gasteiger partial charge is 0.508 e. The molecule has 39 heavy (non-hydrogen) atoms. The van der Waals surface area contributed by atoms with Crippen molar-refractivity contribution in [1.29, 1.82) is 0 Å². The van der Waals surface area contributed by atoms with E-state index in [-0.39, 0.29) is 29.9 Å². The molecule has 1 heterocycles. The molecule has 0 bridgehead atoms. The molecule has 0 radical (unpaired) electrons. The number of nitrogens with zero attached hydrogens (tertiary/aromatic N) is 2. The molecule has 7 nitrogen and oxygen atoms in total. The van der Waals surface area contributed by atoms with Gasteiger partial charge in [-0.15, -0.1) is 0 Å². The molecule has 0 saturated heterocycles. The third-order valence-electron chi connectivity index (χ3n) is 7.16. The Hall–Kier alpha value is -4.39. The van der Waals surface area contributed by atoms with Crippen LogP contribution < -0.4 is 4.74 Å². The fourth-order valence-corrected chi connectivity index (χ4v) is 5.03. The quantitative estimate of drug-likeness (QED) is 0.174. The van der Waals surface area contributed by atoms with E-state index in [2.05, 4.69) is 10.1 Å². The number of pyridine rings is 1. The summed E-state index contributed by atoms with van der Waals surface area (Å²) in [4.78, 5) is 22.6. The summed E-state index contributed by atoms with van der Waals surface area (Å²) < 4.78 is 6.00. The van der Waals surface area contributed by atoms with Crippen molar-refractivity contribution >= 4 is 22.6 Å². The van der Waals surface area contributed by atoms with Gasteiger partial charge in [0.15, 0.2) is 11.8 Å². The lowest BCUT2D eigenvalue weighted by Gasteiger charge is -2.29. The van der Waals surface area contributed by atoms with E-state index in [1.165, 1.54) is 18.6 Å². The van der Waals surface area contributed by atoms with Gasteiger partial charge in [-0.2, -0.15) is 0 Å². The lowest BCUT2D eigenvalue weighted by molar-refractivity contribution is -0.129. The van der Waals surface area contributed by atoms with E-state index < -0.39 is 5.97 Å². The summed E-state index contributed by atoms with van der Waals surface area (Å²) in [6, 6.07) is 26.2. The predicted octanol–water partition coefficient (Wildman–Crippen LogP) is 6.84. The van der Waals surface area contributed by atoms with Gasteiger partial charge in [-0.1, -0.05) is 72.9 Å². The summed E-state index contributed by atoms with van der Waals surface area (Å²) in [5.41, 5.74) is 3.38. The van der Waals surface area contributed by atoms with Crippen molar-refractivity contribution in [3.63, 3.8) is 0 Å². The van der Waals surface area contributed by atoms with Crippen LogP contribution in [0.15, 0.2) is 90.1 Å². The molecule has 0 spiro atoms. The fourth-order valence-electron chi connectivity index (χ4n) is 5.03. The van der Waals surface area contributed by atoms with Gasteiger partial charge in [-0.25, -0.2) is 9.78 Å². The fraction of sp³-hybridized carbons (Fsp3) is 0.281. The van der Waals surface area contributed by atoms with E-state index in [9.17, 15) is 15.0 Å². The molecule has 7 heteroatoms. The molecule has 2 N–H and O–H groups in total. The molecular weight excluding hydrogens is 492 g/mol. The molecule has 3 aromatic carbocycles. The maximum atomic E-state index is 11.9. The minimum atomic E-state index is -1.13. The second kappa shape index (κ2) is 12.4. The minimum absolute atomic E-state index is 0.0793. The first-order valence-corrected chi connectivity index (χ1v) is 13.4. The van der Waals surface area contributed by atoms with Gasteiger partial charge in [0.05, 0.1) is 11.2 Å². The highest BCUT2D eigenvalue weighted by Gasteiger charge is 2.28. The number of oxime groups is 1. The molecule has 1 atom stereocenters. The summed E-state index contributed by atoms with van der Waals surface area (Å²) in [6.45, 7) is 0.357. The number of para-hydroxylation sites is 1. The Kier molecular flexibility index (Phi) is 8.36. The van der Waals surface area contributed by atoms with Crippen LogP contribution in [-0.4, -0.2) is 26.9 Å². The topological polar surface area (TPSA) is 101 Å². The van der Waals surface area contributed by atoms with Crippen LogP contribution in [0, 0.1) is 5.92 Å². The number of fused-ring (bicyclic) bond motifs is 1. The summed E-state index contributed by atoms with van der Waals surface area (Å²) in [5, 5.41) is 24.5. The highest BCUT2D eigenvalue weighted by molar-refractivity contribution is 6.35. The number of carboxylic acid groups (broad SMARTS) is 1. The van der Waals surface area contributed by atoms with Crippen molar-refractivity contribution < 1.29 is 24.6 Å². The van der Waals surface area contributed by atoms with Crippen molar-refractivity contribution in [2.24, 2.45) is 11.1 Å². The lowest BCUT2D eigenvalue weighted by Crippen LogP contribution is -2.21. The first-order chi connectivity index (χ1) is 19.0. The van der Waals surface area contributed by atoms with Gasteiger partial charge in [0.25, 0.3) is 0 Å². The average Bonchev–Trinajstić information content (AvgIpc) is 2.97. The summed E-state index contributed by atoms with van der Waals surface area (Å²) >= 11 is 0. The maximum absolute atomic E-state index is 11.9. The number of aromatic nitrogens is 1. The van der Waals surface area contributed by atoms with Gasteiger partial charge >= 0.3 is 5.97 Å². The normalized spacial score (nSPS) is 15.1. The van der Waals surface area contributed by atoms with Crippen molar-refractivity contribution in [3.8, 4) is 11.5 Å². The molecule has 1 aliphatic carbocycles. The van der Waals surface area contributed by atoms with Crippen LogP contribution in [-0.2, 0) is 22.7 Å². The van der Waals surface area contributed by atoms with E-state index in [1.807, 2.05) is 60.7 Å². The Morgan fingerprint density at radius 1 is 0.923 bits per heavy atom. The second-order valence-electron chi connectivity index (χ2n) is 9.96. The van der Waals surface area contributed by atoms with Gasteiger partial charge in [0.2, 0.25) is 0 Å². The molecule has 1 fully saturated rings. The monoisotopic (exact) mass is 524 g/mol. The number of ether oxygens (including phenoxy) is 1. The molecule has 1 unspecified atom stereocenters. The molecule has 0 amide bonds. The van der Waals surface area contributed by atoms with Crippen LogP contribution in [0.3, 0.4) is 0 Å². The number of phenolic OH excluding ortho intramolecular Hbond substituents is 1. The van der Waals surface area contributed by atoms with Gasteiger partial charge in [-0.05, 0) is 60.4 Å². The van der Waals surface area contributed by atoms with Gasteiger partial charge in [0.1, 0.15) is 18.1 Å². The average molecular weight is 525 g/mol. The molecule has 200 valence electrons. The van der Waals surface area contributed by atoms with Crippen LogP contribution in [0.2, 0.25) is 0 Å². The van der Waals surface area contributed by atoms with E-state index >= 15 is 0 Å². The molecule has 4 aromatic rings. The summed E-state index contributed by atoms with van der Waals surface area (Å²) in [6.07, 6.45) is 5.20. The Balaban J connectivity index is 1.29. The molecule has 1 aliphatic rings. The van der Waals surface area contributed by atoms with E-state index in [4.69, 9.17) is 9.57 Å². The second-order valence-corrected chi connectivity index (χ2v) is 9.96. The van der Waals surface area contributed by atoms with Crippen LogP contribution in [0.1, 0.15) is 55.0 Å². The zero-order valence-corrected chi connectivity index (χ0v) is 21.7. The number of hydrogen-bond donors (Lipinski definition) is 2. The SMILES string of the molecule is O=C(O)/C(Cc1ccc(O)cc1)=N/OC(c1ccc(OCc2ccc3ccccc3n2)cc1)C1CCCCC1. The first kappa shape index (κ1) is 26.2. The standard InChI is InChI=1S/C32H32N2O5/c35-27-16-10-22(11-17-27)20-30(32(36)37)34-39-31(24-7-2-1-3-8-24)25-13-18-28(19-14-25)38-21-26-15-12-23-6-4-5-9-29(23)33-26/h4-6,9-19,24,31,35H,1-3,7-8,20-21H2,(H,36,37)/b34-30+. The highest BCUT2D eigenvalue weighted by Crippen LogP contribution is 2.37. The molecule has 1 aromatic heterocycles. The number of benzene rings is 3. The Morgan fingerprint density at radius 2 is 1.67 bits per heavy atom. The number of carboxylic acids is 1. The number of aromatic hydroxyl groups is 1. The number of carbonyl (C=O) groups is 1. The molecular formula is C32H32N2O5. The van der Waals surface area contributed by atoms with Gasteiger partial charge < -0.3 is 19.8 Å². The van der Waals surface area contributed by atoms with Crippen LogP contribution in [0.5, 0.6) is 11.5 Å². The Bertz CT molecular complexity index is 1430. The third-order valence-corrected chi connectivity index (χ3v) is 7.16. The number of aliphatic carboxylic acids is 1. The molecule has 1 saturated carbocycles. The van der Waals surface area contributed by atoms with E-state index in [0.717, 1.165) is 59.2 Å². The Morgan fingerprint density at radius 3 is 2.41 bits per heavy atom. The van der Waals surface area contributed by atoms with Gasteiger partial charge in [0, 0.05) is 17.7 Å². The Labute approximate surface area is 227 Å². The smallest absolute Gasteiger partial charge is 0.354 e. The van der Waals surface area contributed by atoms with Crippen molar-refractivity contribution in [3.05, 3.63) is 102 Å². The molecule has 5 rings (SSSR count). The van der Waals surface area contributed by atoms with Crippen molar-refractivity contribution in [2.45, 2.75) is 51.2 Å². The zero-order chi connectivity index (χ0) is 27.0. The van der Waals surface area contributed by atoms with Crippen molar-refractivity contribution in [2.75, 3.05) is 0 Å². The lowest BCUT2D eigenvalue weighted by atomic mass is 9.83. The minimum Gasteiger partial charge on any atom is -0.508 e. The number of hydrogen-bond acceptors (Lipinski definition) is 6. The first-order valence-electron chi connectivity index (χ1n) is 13.4. The summed E-state index contributed by atoms with van der Waals surface area (Å²) in [5.74, 6) is -0.0309. The van der Waals surface area contributed by atoms with E-state index in [0.29, 0.717) is 6.61 Å². The third kappa shape index (κ3) is 6.93. The predicted molar refractivity (Wildman–Crippen MR) is 150 cm³/mol. The number of phenols is 1. The van der Waals surface area contributed by atoms with Crippen LogP contribution in [0.25, 0.3) is 10.9 Å². The molecule has 0 aliphatic heterocycles. The van der Waals surface area contributed by atoms with Gasteiger partial charge in [-0.3, -0.25) is 0 Å². The number of rotatable bonds is 10. The van der Waals surface area contributed by atoms with Crippen LogP contribution >= 0.6 is 0 Å². The maximum Gasteiger partial charge on any atom is 0.354 e. The zero-order valence-electron chi connectivity index (χ0n) is 21.7. The highest BCUT2D eigenvalue weighted by atomic mass is 16.6.